The van der Waals surface area contributed by atoms with Crippen molar-refractivity contribution in [3.63, 3.8) is 0 Å². The molecular weight excluding hydrogens is 428 g/mol. The van der Waals surface area contributed by atoms with E-state index in [1.165, 1.54) is 12.1 Å². The lowest BCUT2D eigenvalue weighted by molar-refractivity contribution is 0.0996. The summed E-state index contributed by atoms with van der Waals surface area (Å²) >= 11 is 0. The van der Waals surface area contributed by atoms with Gasteiger partial charge < -0.3 is 21.3 Å². The number of carbonyl (C=O) groups is 1. The van der Waals surface area contributed by atoms with Crippen LogP contribution in [0.25, 0.3) is 0 Å². The number of benzene rings is 1. The van der Waals surface area contributed by atoms with Crippen molar-refractivity contribution in [2.24, 2.45) is 5.73 Å². The highest BCUT2D eigenvalue weighted by Crippen LogP contribution is 2.25. The maximum atomic E-state index is 12.1. The molecule has 9 nitrogen and oxygen atoms in total. The summed E-state index contributed by atoms with van der Waals surface area (Å²) in [6, 6.07) is 6.60. The zero-order valence-electron chi connectivity index (χ0n) is 18.9. The summed E-state index contributed by atoms with van der Waals surface area (Å²) in [5.74, 6) is 0.118. The molecule has 3 rings (SSSR count). The first-order chi connectivity index (χ1) is 15.2. The number of likely N-dealkylation sites (tertiary alicyclic amines) is 1. The number of hydrogen-bond donors (Lipinski definition) is 3. The molecule has 0 spiro atoms. The predicted octanol–water partition coefficient (Wildman–Crippen LogP) is 2.57. The molecule has 174 valence electrons. The summed E-state index contributed by atoms with van der Waals surface area (Å²) in [6.07, 6.45) is 4.88. The SMILES string of the molecule is CCCN1CCC(Nc2nc(Nc3cccc(S(C)(=O)=O)c3)c(C(N)=O)nc2CC)CC1. The van der Waals surface area contributed by atoms with Gasteiger partial charge in [-0.25, -0.2) is 18.4 Å². The Morgan fingerprint density at radius 3 is 2.50 bits per heavy atom. The Hall–Kier alpha value is -2.72. The largest absolute Gasteiger partial charge is 0.366 e. The second kappa shape index (κ2) is 10.3. The minimum absolute atomic E-state index is 0.0231. The van der Waals surface area contributed by atoms with E-state index in [9.17, 15) is 13.2 Å². The second-order valence-electron chi connectivity index (χ2n) is 8.12. The van der Waals surface area contributed by atoms with E-state index in [0.717, 1.165) is 45.2 Å². The fraction of sp³-hybridized carbons (Fsp3) is 0.500. The lowest BCUT2D eigenvalue weighted by Crippen LogP contribution is -2.39. The van der Waals surface area contributed by atoms with Crippen LogP contribution < -0.4 is 16.4 Å². The number of anilines is 3. The van der Waals surface area contributed by atoms with Gasteiger partial charge in [0.05, 0.1) is 10.6 Å². The van der Waals surface area contributed by atoms with E-state index < -0.39 is 15.7 Å². The molecule has 1 fully saturated rings. The molecule has 0 aliphatic carbocycles. The van der Waals surface area contributed by atoms with Crippen LogP contribution in [0.3, 0.4) is 0 Å². The molecule has 0 radical (unpaired) electrons. The second-order valence-corrected chi connectivity index (χ2v) is 10.1. The molecule has 2 heterocycles. The molecule has 1 aromatic carbocycles. The van der Waals surface area contributed by atoms with Crippen LogP contribution in [0.4, 0.5) is 17.3 Å². The van der Waals surface area contributed by atoms with E-state index in [1.807, 2.05) is 6.92 Å². The number of hydrogen-bond acceptors (Lipinski definition) is 8. The smallest absolute Gasteiger partial charge is 0.271 e. The molecule has 1 saturated heterocycles. The van der Waals surface area contributed by atoms with Crippen LogP contribution in [0.15, 0.2) is 29.2 Å². The number of nitrogens with one attached hydrogen (secondary N) is 2. The van der Waals surface area contributed by atoms with Crippen molar-refractivity contribution in [1.29, 1.82) is 0 Å². The van der Waals surface area contributed by atoms with Crippen LogP contribution in [0, 0.1) is 0 Å². The minimum Gasteiger partial charge on any atom is -0.366 e. The fourth-order valence-corrected chi connectivity index (χ4v) is 4.51. The average molecular weight is 461 g/mol. The summed E-state index contributed by atoms with van der Waals surface area (Å²) in [7, 11) is -3.37. The molecule has 1 aliphatic heterocycles. The van der Waals surface area contributed by atoms with Crippen molar-refractivity contribution < 1.29 is 13.2 Å². The molecular formula is C22H32N6O3S. The lowest BCUT2D eigenvalue weighted by atomic mass is 10.0. The molecule has 0 unspecified atom stereocenters. The summed E-state index contributed by atoms with van der Waals surface area (Å²) in [6.45, 7) is 7.31. The molecule has 32 heavy (non-hydrogen) atoms. The van der Waals surface area contributed by atoms with Crippen LogP contribution in [0.2, 0.25) is 0 Å². The quantitative estimate of drug-likeness (QED) is 0.520. The number of sulfone groups is 1. The van der Waals surface area contributed by atoms with Gasteiger partial charge in [-0.05, 0) is 50.4 Å². The number of carbonyl (C=O) groups excluding carboxylic acids is 1. The summed E-state index contributed by atoms with van der Waals surface area (Å²) < 4.78 is 23.8. The first-order valence-corrected chi connectivity index (χ1v) is 12.9. The maximum absolute atomic E-state index is 12.1. The van der Waals surface area contributed by atoms with Crippen LogP contribution in [-0.2, 0) is 16.3 Å². The van der Waals surface area contributed by atoms with Crippen molar-refractivity contribution in [1.82, 2.24) is 14.9 Å². The molecule has 1 amide bonds. The zero-order valence-corrected chi connectivity index (χ0v) is 19.7. The molecule has 1 aromatic heterocycles. The highest BCUT2D eigenvalue weighted by atomic mass is 32.2. The van der Waals surface area contributed by atoms with Crippen LogP contribution in [0.1, 0.15) is 49.3 Å². The van der Waals surface area contributed by atoms with Crippen molar-refractivity contribution in [2.45, 2.75) is 50.5 Å². The number of rotatable bonds is 9. The van der Waals surface area contributed by atoms with E-state index in [-0.39, 0.29) is 22.4 Å². The van der Waals surface area contributed by atoms with E-state index in [0.29, 0.717) is 23.6 Å². The summed E-state index contributed by atoms with van der Waals surface area (Å²) in [5, 5.41) is 6.53. The number of aromatic nitrogens is 2. The predicted molar refractivity (Wildman–Crippen MR) is 126 cm³/mol. The van der Waals surface area contributed by atoms with Gasteiger partial charge in [-0.3, -0.25) is 4.79 Å². The van der Waals surface area contributed by atoms with Gasteiger partial charge in [0.15, 0.2) is 27.2 Å². The molecule has 0 saturated carbocycles. The lowest BCUT2D eigenvalue weighted by Gasteiger charge is -2.32. The summed E-state index contributed by atoms with van der Waals surface area (Å²) in [5.41, 5.74) is 6.74. The Labute approximate surface area is 189 Å². The highest BCUT2D eigenvalue weighted by molar-refractivity contribution is 7.90. The fourth-order valence-electron chi connectivity index (χ4n) is 3.84. The number of primary amides is 1. The highest BCUT2D eigenvalue weighted by Gasteiger charge is 2.22. The molecule has 2 aromatic rings. The third-order valence-electron chi connectivity index (χ3n) is 5.53. The zero-order chi connectivity index (χ0) is 23.3. The molecule has 0 bridgehead atoms. The number of aryl methyl sites for hydroxylation is 1. The van der Waals surface area contributed by atoms with Crippen molar-refractivity contribution >= 4 is 33.1 Å². The number of amides is 1. The summed E-state index contributed by atoms with van der Waals surface area (Å²) in [4.78, 5) is 23.8. The van der Waals surface area contributed by atoms with Gasteiger partial charge in [0, 0.05) is 31.1 Å². The van der Waals surface area contributed by atoms with Gasteiger partial charge in [0.2, 0.25) is 0 Å². The Kier molecular flexibility index (Phi) is 7.68. The maximum Gasteiger partial charge on any atom is 0.271 e. The topological polar surface area (TPSA) is 130 Å². The average Bonchev–Trinajstić information content (AvgIpc) is 2.75. The molecule has 10 heteroatoms. The van der Waals surface area contributed by atoms with Crippen LogP contribution >= 0.6 is 0 Å². The van der Waals surface area contributed by atoms with Crippen molar-refractivity contribution in [3.05, 3.63) is 35.7 Å². The van der Waals surface area contributed by atoms with E-state index in [2.05, 4.69) is 32.4 Å². The van der Waals surface area contributed by atoms with E-state index in [4.69, 9.17) is 5.73 Å². The first kappa shape index (κ1) is 23.9. The van der Waals surface area contributed by atoms with Crippen molar-refractivity contribution in [3.8, 4) is 0 Å². The number of piperidine rings is 1. The Balaban J connectivity index is 1.88. The monoisotopic (exact) mass is 460 g/mol. The molecule has 0 atom stereocenters. The normalized spacial score (nSPS) is 15.5. The van der Waals surface area contributed by atoms with Gasteiger partial charge in [-0.2, -0.15) is 0 Å². The van der Waals surface area contributed by atoms with Crippen molar-refractivity contribution in [2.75, 3.05) is 36.5 Å². The van der Waals surface area contributed by atoms with Gasteiger partial charge in [0.1, 0.15) is 0 Å². The number of nitrogens with zero attached hydrogens (tertiary/aromatic N) is 3. The molecule has 1 aliphatic rings. The van der Waals surface area contributed by atoms with Crippen LogP contribution in [-0.4, -0.2) is 61.1 Å². The van der Waals surface area contributed by atoms with E-state index >= 15 is 0 Å². The Morgan fingerprint density at radius 2 is 1.91 bits per heavy atom. The van der Waals surface area contributed by atoms with Gasteiger partial charge >= 0.3 is 0 Å². The minimum atomic E-state index is -3.37. The van der Waals surface area contributed by atoms with Gasteiger partial charge in [-0.1, -0.05) is 19.9 Å². The van der Waals surface area contributed by atoms with Crippen LogP contribution in [0.5, 0.6) is 0 Å². The van der Waals surface area contributed by atoms with E-state index in [1.54, 1.807) is 12.1 Å². The Morgan fingerprint density at radius 1 is 1.19 bits per heavy atom. The number of nitrogens with two attached hydrogens (primary N) is 1. The van der Waals surface area contributed by atoms with Gasteiger partial charge in [-0.15, -0.1) is 0 Å². The molecule has 4 N–H and O–H groups in total. The Bertz CT molecular complexity index is 1070. The third kappa shape index (κ3) is 5.95. The standard InChI is InChI=1S/C22H32N6O3S/c1-4-11-28-12-9-15(10-13-28)24-21-18(5-2)26-19(20(23)29)22(27-21)25-16-7-6-8-17(14-16)32(3,30)31/h6-8,14-15H,4-5,9-13H2,1-3H3,(H2,23,29)(H2,24,25,27). The van der Waals surface area contributed by atoms with Gasteiger partial charge in [0.25, 0.3) is 5.91 Å². The first-order valence-electron chi connectivity index (χ1n) is 11.0. The third-order valence-corrected chi connectivity index (χ3v) is 6.64.